The van der Waals surface area contributed by atoms with Gasteiger partial charge in [-0.05, 0) is 24.6 Å². The van der Waals surface area contributed by atoms with Crippen molar-refractivity contribution in [3.63, 3.8) is 0 Å². The van der Waals surface area contributed by atoms with Crippen molar-refractivity contribution in [3.8, 4) is 0 Å². The molecule has 0 saturated carbocycles. The third kappa shape index (κ3) is 2.03. The zero-order valence-electron chi connectivity index (χ0n) is 8.27. The molecule has 1 aromatic carbocycles. The van der Waals surface area contributed by atoms with Crippen molar-refractivity contribution in [3.05, 3.63) is 34.8 Å². The molecule has 1 unspecified atom stereocenters. The molecule has 2 aliphatic rings. The van der Waals surface area contributed by atoms with Crippen molar-refractivity contribution in [2.24, 2.45) is 4.99 Å². The second-order valence-corrected chi connectivity index (χ2v) is 3.65. The standard InChI is InChI=1S/C11H12N2.2ClH/c1-2-4-10-8(3-1)9-7-12-6-5-11(9)13-10;;/h1-4,11-12H,5-7H2;2*1H. The monoisotopic (exact) mass is 244 g/mol. The number of nitrogens with one attached hydrogen (secondary N) is 1. The van der Waals surface area contributed by atoms with Crippen LogP contribution in [0.3, 0.4) is 0 Å². The third-order valence-electron chi connectivity index (χ3n) is 2.86. The Morgan fingerprint density at radius 2 is 2.00 bits per heavy atom. The summed E-state index contributed by atoms with van der Waals surface area (Å²) in [7, 11) is 0. The highest BCUT2D eigenvalue weighted by molar-refractivity contribution is 5.85. The van der Waals surface area contributed by atoms with E-state index in [4.69, 9.17) is 4.99 Å². The molecular formula is C11H14Cl2N2. The third-order valence-corrected chi connectivity index (χ3v) is 2.86. The van der Waals surface area contributed by atoms with Gasteiger partial charge in [0.2, 0.25) is 0 Å². The average Bonchev–Trinajstić information content (AvgIpc) is 2.56. The van der Waals surface area contributed by atoms with E-state index in [1.165, 1.54) is 16.1 Å². The highest BCUT2D eigenvalue weighted by Gasteiger charge is 2.21. The molecule has 3 rings (SSSR count). The Morgan fingerprint density at radius 3 is 2.87 bits per heavy atom. The zero-order chi connectivity index (χ0) is 8.67. The van der Waals surface area contributed by atoms with Gasteiger partial charge in [0.15, 0.2) is 0 Å². The lowest BCUT2D eigenvalue weighted by molar-refractivity contribution is 0.598. The predicted octanol–water partition coefficient (Wildman–Crippen LogP) is 0.676. The van der Waals surface area contributed by atoms with Crippen LogP contribution in [0.2, 0.25) is 0 Å². The Morgan fingerprint density at radius 1 is 1.20 bits per heavy atom. The summed E-state index contributed by atoms with van der Waals surface area (Å²) in [5, 5.41) is 5.95. The minimum atomic E-state index is 0. The van der Waals surface area contributed by atoms with Gasteiger partial charge < -0.3 is 5.32 Å². The molecule has 1 aromatic rings. The summed E-state index contributed by atoms with van der Waals surface area (Å²) in [6.45, 7) is 2.12. The van der Waals surface area contributed by atoms with Crippen LogP contribution in [0.4, 0.5) is 0 Å². The largest absolute Gasteiger partial charge is 0.313 e. The van der Waals surface area contributed by atoms with Crippen LogP contribution >= 0.6 is 24.8 Å². The minimum Gasteiger partial charge on any atom is -0.313 e. The van der Waals surface area contributed by atoms with E-state index in [2.05, 4.69) is 29.6 Å². The number of halogens is 2. The minimum absolute atomic E-state index is 0. The second-order valence-electron chi connectivity index (χ2n) is 3.65. The Hall–Kier alpha value is -0.570. The van der Waals surface area contributed by atoms with E-state index < -0.39 is 0 Å². The van der Waals surface area contributed by atoms with Crippen LogP contribution in [0.5, 0.6) is 0 Å². The fourth-order valence-corrected chi connectivity index (χ4v) is 2.20. The highest BCUT2D eigenvalue weighted by atomic mass is 35.5. The van der Waals surface area contributed by atoms with Crippen molar-refractivity contribution in [1.29, 1.82) is 0 Å². The highest BCUT2D eigenvalue weighted by Crippen LogP contribution is 2.14. The number of rotatable bonds is 0. The van der Waals surface area contributed by atoms with Crippen molar-refractivity contribution in [2.45, 2.75) is 12.5 Å². The molecule has 2 nitrogen and oxygen atoms in total. The number of nitrogens with zero attached hydrogens (tertiary/aromatic N) is 1. The van der Waals surface area contributed by atoms with Crippen LogP contribution in [-0.2, 0) is 0 Å². The van der Waals surface area contributed by atoms with E-state index >= 15 is 0 Å². The van der Waals surface area contributed by atoms with Crippen LogP contribution in [0.15, 0.2) is 29.3 Å². The molecule has 15 heavy (non-hydrogen) atoms. The molecule has 4 heteroatoms. The normalized spacial score (nSPS) is 21.6. The van der Waals surface area contributed by atoms with Gasteiger partial charge in [-0.3, -0.25) is 4.99 Å². The molecule has 0 amide bonds. The van der Waals surface area contributed by atoms with Crippen LogP contribution in [-0.4, -0.2) is 19.1 Å². The van der Waals surface area contributed by atoms with E-state index in [0.717, 1.165) is 19.5 Å². The maximum Gasteiger partial charge on any atom is 0.0750 e. The second kappa shape index (κ2) is 4.97. The predicted molar refractivity (Wildman–Crippen MR) is 66.4 cm³/mol. The lowest BCUT2D eigenvalue weighted by atomic mass is 10.0. The van der Waals surface area contributed by atoms with Crippen molar-refractivity contribution >= 4 is 30.4 Å². The van der Waals surface area contributed by atoms with E-state index in [-0.39, 0.29) is 24.8 Å². The number of piperidine rings is 1. The Kier molecular flexibility index (Phi) is 4.14. The maximum absolute atomic E-state index is 4.70. The van der Waals surface area contributed by atoms with Gasteiger partial charge in [0.25, 0.3) is 0 Å². The first-order chi connectivity index (χ1) is 6.45. The van der Waals surface area contributed by atoms with Crippen LogP contribution in [0, 0.1) is 0 Å². The average molecular weight is 245 g/mol. The quantitative estimate of drug-likeness (QED) is 0.714. The fourth-order valence-electron chi connectivity index (χ4n) is 2.20. The van der Waals surface area contributed by atoms with E-state index in [1.54, 1.807) is 0 Å². The topological polar surface area (TPSA) is 24.4 Å². The number of benzene rings is 1. The van der Waals surface area contributed by atoms with Gasteiger partial charge in [0.1, 0.15) is 0 Å². The molecule has 1 atom stereocenters. The number of hydrogen-bond acceptors (Lipinski definition) is 2. The summed E-state index contributed by atoms with van der Waals surface area (Å²) >= 11 is 0. The van der Waals surface area contributed by atoms with Gasteiger partial charge in [-0.2, -0.15) is 0 Å². The molecule has 0 radical (unpaired) electrons. The number of fused-ring (bicyclic) bond motifs is 2. The van der Waals surface area contributed by atoms with Crippen LogP contribution in [0.25, 0.3) is 5.57 Å². The van der Waals surface area contributed by atoms with Crippen LogP contribution in [0.1, 0.15) is 6.42 Å². The molecule has 0 bridgehead atoms. The Balaban J connectivity index is 0.000000562. The van der Waals surface area contributed by atoms with E-state index in [1.807, 2.05) is 0 Å². The smallest absolute Gasteiger partial charge is 0.0750 e. The van der Waals surface area contributed by atoms with Gasteiger partial charge in [-0.1, -0.05) is 18.2 Å². The molecule has 1 fully saturated rings. The van der Waals surface area contributed by atoms with Gasteiger partial charge in [-0.15, -0.1) is 24.8 Å². The number of para-hydroxylation sites is 1. The Bertz CT molecular complexity index is 456. The van der Waals surface area contributed by atoms with Crippen molar-refractivity contribution in [2.75, 3.05) is 13.1 Å². The molecule has 1 saturated heterocycles. The fraction of sp³-hybridized carbons (Fsp3) is 0.364. The van der Waals surface area contributed by atoms with Crippen molar-refractivity contribution in [1.82, 2.24) is 5.32 Å². The molecule has 0 aliphatic carbocycles. The first-order valence-electron chi connectivity index (χ1n) is 4.82. The first-order valence-corrected chi connectivity index (χ1v) is 4.82. The molecule has 2 heterocycles. The van der Waals surface area contributed by atoms with Crippen molar-refractivity contribution < 1.29 is 0 Å². The molecule has 1 N–H and O–H groups in total. The van der Waals surface area contributed by atoms with Gasteiger partial charge in [0, 0.05) is 11.8 Å². The zero-order valence-corrected chi connectivity index (χ0v) is 9.90. The van der Waals surface area contributed by atoms with E-state index in [0.29, 0.717) is 6.04 Å². The summed E-state index contributed by atoms with van der Waals surface area (Å²) in [4.78, 5) is 4.70. The summed E-state index contributed by atoms with van der Waals surface area (Å²) in [5.74, 6) is 0. The summed E-state index contributed by atoms with van der Waals surface area (Å²) in [6, 6.07) is 8.92. The summed E-state index contributed by atoms with van der Waals surface area (Å²) < 4.78 is 0. The molecular weight excluding hydrogens is 231 g/mol. The van der Waals surface area contributed by atoms with Gasteiger partial charge in [-0.25, -0.2) is 0 Å². The Labute approximate surface area is 101 Å². The first kappa shape index (κ1) is 12.5. The van der Waals surface area contributed by atoms with Gasteiger partial charge in [0.05, 0.1) is 11.4 Å². The van der Waals surface area contributed by atoms with Crippen LogP contribution < -0.4 is 15.9 Å². The van der Waals surface area contributed by atoms with Gasteiger partial charge >= 0.3 is 0 Å². The lowest BCUT2D eigenvalue weighted by Gasteiger charge is -2.19. The lowest BCUT2D eigenvalue weighted by Crippen LogP contribution is -2.33. The molecule has 82 valence electrons. The molecule has 0 aromatic heterocycles. The molecule has 2 aliphatic heterocycles. The summed E-state index contributed by atoms with van der Waals surface area (Å²) in [5.41, 5.74) is 1.49. The number of hydrogen-bond donors (Lipinski definition) is 1. The molecule has 0 spiro atoms. The van der Waals surface area contributed by atoms with E-state index in [9.17, 15) is 0 Å². The summed E-state index contributed by atoms with van der Waals surface area (Å²) in [6.07, 6.45) is 1.16. The SMILES string of the molecule is Cl.Cl.c1ccc2c(c1)=NC1CCNCC=21. The maximum atomic E-state index is 4.70.